The van der Waals surface area contributed by atoms with Crippen LogP contribution in [0.1, 0.15) is 37.3 Å². The molecule has 0 aromatic heterocycles. The smallest absolute Gasteiger partial charge is 0.194 e. The first-order valence-electron chi connectivity index (χ1n) is 13.8. The molecule has 1 saturated carbocycles. The summed E-state index contributed by atoms with van der Waals surface area (Å²) >= 11 is 0. The number of aliphatic hydroxyl groups excluding tert-OH is 3. The number of aryl methyl sites for hydroxylation is 1. The van der Waals surface area contributed by atoms with E-state index in [4.69, 9.17) is 4.74 Å². The van der Waals surface area contributed by atoms with E-state index in [2.05, 4.69) is 43.1 Å². The maximum atomic E-state index is 12.2. The summed E-state index contributed by atoms with van der Waals surface area (Å²) in [5.74, 6) is 1.41. The third kappa shape index (κ3) is 2.61. The van der Waals surface area contributed by atoms with Gasteiger partial charge in [-0.2, -0.15) is 0 Å². The molecule has 11 atom stereocenters. The number of para-hydroxylation sites is 1. The summed E-state index contributed by atoms with van der Waals surface area (Å²) in [6.07, 6.45) is 1.13. The Bertz CT molecular complexity index is 1190. The van der Waals surface area contributed by atoms with Crippen LogP contribution in [0.3, 0.4) is 0 Å². The average molecular weight is 492 g/mol. The molecule has 4 saturated heterocycles. The molecule has 1 aliphatic carbocycles. The number of ether oxygens (including phenoxy) is 1. The molecular weight excluding hydrogens is 452 g/mol. The Labute approximate surface area is 213 Å². The number of benzene rings is 2. The molecule has 1 spiro atoms. The van der Waals surface area contributed by atoms with E-state index >= 15 is 0 Å². The van der Waals surface area contributed by atoms with Gasteiger partial charge in [-0.1, -0.05) is 37.3 Å². The Morgan fingerprint density at radius 2 is 1.94 bits per heavy atom. The SMILES string of the molecule is CC[C@H]1C2C[C@H]3[C@@H]4N(C)c5ccccc5[C@]45C[C@@H](C2[C@H]5O)[N+]3(CC(O)COc2cccc(C)c2)[C@@H]1O. The van der Waals surface area contributed by atoms with Gasteiger partial charge in [0, 0.05) is 37.4 Å². The van der Waals surface area contributed by atoms with Gasteiger partial charge in [-0.25, -0.2) is 0 Å². The van der Waals surface area contributed by atoms with E-state index in [9.17, 15) is 15.3 Å². The molecule has 0 amide bonds. The molecule has 36 heavy (non-hydrogen) atoms. The van der Waals surface area contributed by atoms with E-state index < -0.39 is 18.4 Å². The molecule has 0 radical (unpaired) electrons. The van der Waals surface area contributed by atoms with Crippen LogP contribution in [0.15, 0.2) is 48.5 Å². The quantitative estimate of drug-likeness (QED) is 0.542. The zero-order valence-corrected chi connectivity index (χ0v) is 21.5. The van der Waals surface area contributed by atoms with Crippen LogP contribution in [0.2, 0.25) is 0 Å². The predicted octanol–water partition coefficient (Wildman–Crippen LogP) is 2.82. The Hall–Kier alpha value is -2.12. The molecule has 5 heterocycles. The van der Waals surface area contributed by atoms with Crippen LogP contribution in [0.25, 0.3) is 0 Å². The number of hydrogen-bond donors (Lipinski definition) is 3. The molecule has 5 aliphatic heterocycles. The van der Waals surface area contributed by atoms with Crippen molar-refractivity contribution in [2.75, 3.05) is 25.1 Å². The van der Waals surface area contributed by atoms with Gasteiger partial charge in [-0.05, 0) is 48.6 Å². The third-order valence-electron chi connectivity index (χ3n) is 11.1. The standard InChI is InChI=1S/C30H39N2O4/c1-4-20-21-13-24-27-30(22-10-5-6-11-23(22)31(27)3)14-25(26(21)28(30)34)32(24,29(20)35)15-18(33)16-36-19-9-7-8-17(2)12-19/h5-12,18,20-21,24-29,33-35H,4,13-16H2,1-3H3/q+1/t18?,20-,21?,24-,25-,26?,27-,28+,29+,30+,32?/m0/s1. The molecule has 8 rings (SSSR count). The number of anilines is 1. The molecule has 6 heteroatoms. The Morgan fingerprint density at radius 1 is 1.14 bits per heavy atom. The molecule has 4 unspecified atom stereocenters. The van der Waals surface area contributed by atoms with Crippen LogP contribution >= 0.6 is 0 Å². The summed E-state index contributed by atoms with van der Waals surface area (Å²) in [7, 11) is 2.17. The first-order chi connectivity index (χ1) is 17.3. The average Bonchev–Trinajstić information content (AvgIpc) is 3.26. The normalized spacial score (nSPS) is 44.0. The summed E-state index contributed by atoms with van der Waals surface area (Å²) < 4.78 is 6.53. The van der Waals surface area contributed by atoms with Crippen LogP contribution in [-0.4, -0.2) is 76.6 Å². The van der Waals surface area contributed by atoms with Gasteiger partial charge in [-0.3, -0.25) is 4.48 Å². The highest BCUT2D eigenvalue weighted by Gasteiger charge is 2.83. The van der Waals surface area contributed by atoms with Crippen molar-refractivity contribution in [3.05, 3.63) is 59.7 Å². The van der Waals surface area contributed by atoms with Crippen LogP contribution in [0.4, 0.5) is 5.69 Å². The predicted molar refractivity (Wildman–Crippen MR) is 138 cm³/mol. The summed E-state index contributed by atoms with van der Waals surface area (Å²) in [6.45, 7) is 4.87. The third-order valence-corrected chi connectivity index (χ3v) is 11.1. The molecule has 192 valence electrons. The van der Waals surface area contributed by atoms with Crippen molar-refractivity contribution in [3.8, 4) is 5.75 Å². The maximum absolute atomic E-state index is 12.2. The van der Waals surface area contributed by atoms with Gasteiger partial charge in [0.2, 0.25) is 0 Å². The number of rotatable bonds is 6. The summed E-state index contributed by atoms with van der Waals surface area (Å²) in [6, 6.07) is 17.0. The Balaban J connectivity index is 1.28. The number of piperidine rings is 4. The molecule has 6 nitrogen and oxygen atoms in total. The van der Waals surface area contributed by atoms with Crippen LogP contribution in [0, 0.1) is 24.7 Å². The first kappa shape index (κ1) is 23.0. The lowest BCUT2D eigenvalue weighted by Gasteiger charge is -2.68. The second-order valence-corrected chi connectivity index (χ2v) is 12.3. The van der Waals surface area contributed by atoms with E-state index in [-0.39, 0.29) is 42.0 Å². The van der Waals surface area contributed by atoms with Crippen molar-refractivity contribution in [2.24, 2.45) is 17.8 Å². The van der Waals surface area contributed by atoms with Gasteiger partial charge in [0.05, 0.1) is 23.6 Å². The molecule has 3 N–H and O–H groups in total. The molecule has 2 aromatic carbocycles. The summed E-state index contributed by atoms with van der Waals surface area (Å²) in [4.78, 5) is 2.39. The van der Waals surface area contributed by atoms with Crippen LogP contribution in [0.5, 0.6) is 5.75 Å². The zero-order valence-electron chi connectivity index (χ0n) is 21.5. The molecule has 5 bridgehead atoms. The second-order valence-electron chi connectivity index (χ2n) is 12.3. The van der Waals surface area contributed by atoms with Crippen molar-refractivity contribution in [3.63, 3.8) is 0 Å². The van der Waals surface area contributed by atoms with E-state index in [1.807, 2.05) is 31.2 Å². The Kier molecular flexibility index (Phi) is 4.93. The number of quaternary nitrogens is 1. The van der Waals surface area contributed by atoms with Crippen molar-refractivity contribution >= 4 is 5.69 Å². The number of aliphatic hydroxyl groups is 3. The molecule has 2 aromatic rings. The van der Waals surface area contributed by atoms with Crippen LogP contribution < -0.4 is 9.64 Å². The minimum absolute atomic E-state index is 0.119. The molecule has 5 fully saturated rings. The highest BCUT2D eigenvalue weighted by atomic mass is 16.5. The number of likely N-dealkylation sites (N-methyl/N-ethyl adjacent to an activating group) is 1. The van der Waals surface area contributed by atoms with Crippen molar-refractivity contribution in [1.82, 2.24) is 0 Å². The first-order valence-corrected chi connectivity index (χ1v) is 13.8. The highest BCUT2D eigenvalue weighted by Crippen LogP contribution is 2.71. The van der Waals surface area contributed by atoms with E-state index in [0.717, 1.165) is 30.6 Å². The van der Waals surface area contributed by atoms with Gasteiger partial charge in [0.25, 0.3) is 0 Å². The lowest BCUT2D eigenvalue weighted by molar-refractivity contribution is -1.04. The number of fused-ring (bicyclic) bond motifs is 2. The molecule has 6 aliphatic rings. The van der Waals surface area contributed by atoms with Crippen molar-refractivity contribution in [2.45, 2.75) is 75.1 Å². The fourth-order valence-corrected chi connectivity index (χ4v) is 10.1. The molecular formula is C30H39N2O4+. The topological polar surface area (TPSA) is 73.2 Å². The monoisotopic (exact) mass is 491 g/mol. The lowest BCUT2D eigenvalue weighted by atomic mass is 9.60. The van der Waals surface area contributed by atoms with Gasteiger partial charge < -0.3 is 25.0 Å². The fraction of sp³-hybridized carbons (Fsp3) is 0.600. The summed E-state index contributed by atoms with van der Waals surface area (Å²) in [5.41, 5.74) is 3.34. The van der Waals surface area contributed by atoms with E-state index in [0.29, 0.717) is 16.9 Å². The zero-order chi connectivity index (χ0) is 25.0. The number of nitrogens with zero attached hydrogens (tertiary/aromatic N) is 2. The maximum Gasteiger partial charge on any atom is 0.194 e. The van der Waals surface area contributed by atoms with Crippen LogP contribution in [-0.2, 0) is 5.41 Å². The number of hydrogen-bond acceptors (Lipinski definition) is 5. The van der Waals surface area contributed by atoms with Crippen molar-refractivity contribution < 1.29 is 24.5 Å². The van der Waals surface area contributed by atoms with Gasteiger partial charge in [-0.15, -0.1) is 0 Å². The van der Waals surface area contributed by atoms with E-state index in [1.54, 1.807) is 0 Å². The second kappa shape index (κ2) is 7.70. The lowest BCUT2D eigenvalue weighted by Crippen LogP contribution is -2.84. The minimum atomic E-state index is -0.699. The van der Waals surface area contributed by atoms with Gasteiger partial charge >= 0.3 is 0 Å². The largest absolute Gasteiger partial charge is 0.491 e. The Morgan fingerprint density at radius 3 is 2.72 bits per heavy atom. The summed E-state index contributed by atoms with van der Waals surface area (Å²) in [5, 5.41) is 35.6. The van der Waals surface area contributed by atoms with E-state index in [1.165, 1.54) is 11.3 Å². The van der Waals surface area contributed by atoms with Gasteiger partial charge in [0.15, 0.2) is 6.23 Å². The fourth-order valence-electron chi connectivity index (χ4n) is 10.1. The van der Waals surface area contributed by atoms with Gasteiger partial charge in [0.1, 0.15) is 31.0 Å². The van der Waals surface area contributed by atoms with Crippen molar-refractivity contribution in [1.29, 1.82) is 0 Å². The minimum Gasteiger partial charge on any atom is -0.491 e. The highest BCUT2D eigenvalue weighted by molar-refractivity contribution is 5.66.